The van der Waals surface area contributed by atoms with Crippen molar-refractivity contribution in [3.63, 3.8) is 0 Å². The van der Waals surface area contributed by atoms with E-state index < -0.39 is 0 Å². The van der Waals surface area contributed by atoms with E-state index in [4.69, 9.17) is 23.7 Å². The van der Waals surface area contributed by atoms with Gasteiger partial charge in [-0.25, -0.2) is 0 Å². The number of carbonyl (C=O) groups is 1. The number of para-hydroxylation sites is 1. The normalized spacial score (nSPS) is 15.1. The number of hydrogen-bond donors (Lipinski definition) is 1. The lowest BCUT2D eigenvalue weighted by Gasteiger charge is -2.31. The van der Waals surface area contributed by atoms with Gasteiger partial charge in [-0.3, -0.25) is 4.79 Å². The first-order valence-electron chi connectivity index (χ1n) is 10.2. The van der Waals surface area contributed by atoms with E-state index in [2.05, 4.69) is 10.2 Å². The van der Waals surface area contributed by atoms with Gasteiger partial charge in [0.25, 0.3) is 5.91 Å². The highest BCUT2D eigenvalue weighted by Crippen LogP contribution is 2.40. The van der Waals surface area contributed by atoms with Crippen molar-refractivity contribution in [2.24, 2.45) is 0 Å². The van der Waals surface area contributed by atoms with Crippen molar-refractivity contribution < 1.29 is 28.5 Å². The molecule has 1 saturated heterocycles. The van der Waals surface area contributed by atoms with Crippen molar-refractivity contribution in [1.82, 2.24) is 0 Å². The molecule has 2 aromatic rings. The summed E-state index contributed by atoms with van der Waals surface area (Å²) in [5.74, 6) is 1.98. The van der Waals surface area contributed by atoms with Gasteiger partial charge in [-0.2, -0.15) is 0 Å². The standard InChI is InChI=1S/C22H26N2O6/c1-3-27-19-13-17(24-8-10-26-11-9-24)20(28-4-2)12-16(19)23-22(25)15-6-5-7-18-21(15)30-14-29-18/h5-7,12-13H,3-4,8-11,14H2,1-2H3,(H,23,25). The first-order chi connectivity index (χ1) is 14.7. The van der Waals surface area contributed by atoms with Crippen LogP contribution >= 0.6 is 0 Å². The number of anilines is 2. The van der Waals surface area contributed by atoms with Gasteiger partial charge in [-0.05, 0) is 26.0 Å². The molecule has 1 fully saturated rings. The van der Waals surface area contributed by atoms with E-state index in [0.29, 0.717) is 60.7 Å². The zero-order chi connectivity index (χ0) is 20.9. The largest absolute Gasteiger partial charge is 0.492 e. The van der Waals surface area contributed by atoms with Crippen LogP contribution in [0.2, 0.25) is 0 Å². The van der Waals surface area contributed by atoms with Gasteiger partial charge in [0.05, 0.1) is 43.4 Å². The second-order valence-corrected chi connectivity index (χ2v) is 6.78. The van der Waals surface area contributed by atoms with Crippen molar-refractivity contribution in [1.29, 1.82) is 0 Å². The van der Waals surface area contributed by atoms with E-state index in [1.54, 1.807) is 18.2 Å². The highest BCUT2D eigenvalue weighted by atomic mass is 16.7. The Balaban J connectivity index is 1.67. The molecule has 0 saturated carbocycles. The minimum Gasteiger partial charge on any atom is -0.492 e. The van der Waals surface area contributed by atoms with Gasteiger partial charge < -0.3 is 33.9 Å². The number of benzene rings is 2. The summed E-state index contributed by atoms with van der Waals surface area (Å²) in [6.45, 7) is 7.79. The number of hydrogen-bond acceptors (Lipinski definition) is 7. The average molecular weight is 414 g/mol. The van der Waals surface area contributed by atoms with E-state index in [1.807, 2.05) is 26.0 Å². The number of morpholine rings is 1. The minimum absolute atomic E-state index is 0.104. The van der Waals surface area contributed by atoms with Crippen LogP contribution in [0.25, 0.3) is 0 Å². The zero-order valence-corrected chi connectivity index (χ0v) is 17.2. The lowest BCUT2D eigenvalue weighted by molar-refractivity contribution is 0.102. The van der Waals surface area contributed by atoms with Gasteiger partial charge in [0.1, 0.15) is 11.5 Å². The van der Waals surface area contributed by atoms with Gasteiger partial charge in [-0.1, -0.05) is 6.07 Å². The molecule has 160 valence electrons. The molecule has 2 heterocycles. The van der Waals surface area contributed by atoms with Crippen LogP contribution in [0.1, 0.15) is 24.2 Å². The van der Waals surface area contributed by atoms with E-state index >= 15 is 0 Å². The average Bonchev–Trinajstić information content (AvgIpc) is 3.25. The summed E-state index contributed by atoms with van der Waals surface area (Å²) >= 11 is 0. The molecule has 0 bridgehead atoms. The summed E-state index contributed by atoms with van der Waals surface area (Å²) in [5, 5.41) is 2.95. The van der Waals surface area contributed by atoms with Gasteiger partial charge in [0, 0.05) is 25.2 Å². The molecule has 1 amide bonds. The molecule has 0 aromatic heterocycles. The SMILES string of the molecule is CCOc1cc(N2CCOCC2)c(OCC)cc1NC(=O)c1cccc2c1OCO2. The predicted molar refractivity (Wildman–Crippen MR) is 112 cm³/mol. The summed E-state index contributed by atoms with van der Waals surface area (Å²) in [6.07, 6.45) is 0. The van der Waals surface area contributed by atoms with E-state index in [0.717, 1.165) is 18.8 Å². The Labute approximate surface area is 175 Å². The van der Waals surface area contributed by atoms with Crippen LogP contribution in [-0.4, -0.2) is 52.2 Å². The molecule has 1 N–H and O–H groups in total. The third kappa shape index (κ3) is 4.09. The molecule has 2 aromatic carbocycles. The van der Waals surface area contributed by atoms with Crippen LogP contribution in [0.3, 0.4) is 0 Å². The molecule has 8 heteroatoms. The number of rotatable bonds is 7. The fraction of sp³-hybridized carbons (Fsp3) is 0.409. The van der Waals surface area contributed by atoms with Crippen LogP contribution in [-0.2, 0) is 4.74 Å². The molecule has 0 unspecified atom stereocenters. The zero-order valence-electron chi connectivity index (χ0n) is 17.2. The molecule has 4 rings (SSSR count). The smallest absolute Gasteiger partial charge is 0.259 e. The van der Waals surface area contributed by atoms with Gasteiger partial charge in [-0.15, -0.1) is 0 Å². The first kappa shape index (κ1) is 20.2. The number of nitrogens with zero attached hydrogens (tertiary/aromatic N) is 1. The summed E-state index contributed by atoms with van der Waals surface area (Å²) in [7, 11) is 0. The summed E-state index contributed by atoms with van der Waals surface area (Å²) in [5.41, 5.74) is 1.88. The van der Waals surface area contributed by atoms with Crippen LogP contribution in [0.5, 0.6) is 23.0 Å². The van der Waals surface area contributed by atoms with E-state index in [9.17, 15) is 4.79 Å². The lowest BCUT2D eigenvalue weighted by atomic mass is 10.1. The van der Waals surface area contributed by atoms with Crippen molar-refractivity contribution in [2.45, 2.75) is 13.8 Å². The summed E-state index contributed by atoms with van der Waals surface area (Å²) in [4.78, 5) is 15.2. The van der Waals surface area contributed by atoms with Crippen LogP contribution in [0.4, 0.5) is 11.4 Å². The second kappa shape index (κ2) is 9.13. The maximum absolute atomic E-state index is 13.0. The third-order valence-electron chi connectivity index (χ3n) is 4.90. The van der Waals surface area contributed by atoms with Gasteiger partial charge in [0.2, 0.25) is 6.79 Å². The Morgan fingerprint density at radius 2 is 1.83 bits per heavy atom. The van der Waals surface area contributed by atoms with Crippen molar-refractivity contribution >= 4 is 17.3 Å². The molecule has 0 radical (unpaired) electrons. The van der Waals surface area contributed by atoms with Crippen molar-refractivity contribution in [3.05, 3.63) is 35.9 Å². The number of amides is 1. The van der Waals surface area contributed by atoms with E-state index in [1.165, 1.54) is 0 Å². The Morgan fingerprint density at radius 3 is 2.60 bits per heavy atom. The topological polar surface area (TPSA) is 78.5 Å². The Morgan fingerprint density at radius 1 is 1.07 bits per heavy atom. The lowest BCUT2D eigenvalue weighted by Crippen LogP contribution is -2.36. The number of fused-ring (bicyclic) bond motifs is 1. The van der Waals surface area contributed by atoms with Gasteiger partial charge >= 0.3 is 0 Å². The molecular weight excluding hydrogens is 388 g/mol. The maximum atomic E-state index is 13.0. The highest BCUT2D eigenvalue weighted by Gasteiger charge is 2.24. The third-order valence-corrected chi connectivity index (χ3v) is 4.90. The molecular formula is C22H26N2O6. The molecule has 0 spiro atoms. The number of nitrogens with one attached hydrogen (secondary N) is 1. The molecule has 2 aliphatic heterocycles. The molecule has 8 nitrogen and oxygen atoms in total. The van der Waals surface area contributed by atoms with Crippen LogP contribution in [0, 0.1) is 0 Å². The Bertz CT molecular complexity index is 911. The summed E-state index contributed by atoms with van der Waals surface area (Å²) in [6, 6.07) is 8.98. The number of ether oxygens (including phenoxy) is 5. The fourth-order valence-electron chi connectivity index (χ4n) is 3.54. The number of carbonyl (C=O) groups excluding carboxylic acids is 1. The van der Waals surface area contributed by atoms with Crippen LogP contribution < -0.4 is 29.2 Å². The molecule has 2 aliphatic rings. The van der Waals surface area contributed by atoms with Crippen molar-refractivity contribution in [2.75, 3.05) is 56.5 Å². The predicted octanol–water partition coefficient (Wildman–Crippen LogP) is 3.30. The molecule has 0 atom stereocenters. The molecule has 0 aliphatic carbocycles. The summed E-state index contributed by atoms with van der Waals surface area (Å²) < 4.78 is 28.0. The highest BCUT2D eigenvalue weighted by molar-refractivity contribution is 6.07. The Hall–Kier alpha value is -3.13. The first-order valence-corrected chi connectivity index (χ1v) is 10.2. The quantitative estimate of drug-likeness (QED) is 0.745. The van der Waals surface area contributed by atoms with Crippen molar-refractivity contribution in [3.8, 4) is 23.0 Å². The molecule has 30 heavy (non-hydrogen) atoms. The minimum atomic E-state index is -0.306. The van der Waals surface area contributed by atoms with E-state index in [-0.39, 0.29) is 12.7 Å². The van der Waals surface area contributed by atoms with Gasteiger partial charge in [0.15, 0.2) is 11.5 Å². The Kier molecular flexibility index (Phi) is 6.13. The second-order valence-electron chi connectivity index (χ2n) is 6.78. The monoisotopic (exact) mass is 414 g/mol. The maximum Gasteiger partial charge on any atom is 0.259 e. The van der Waals surface area contributed by atoms with Crippen LogP contribution in [0.15, 0.2) is 30.3 Å². The fourth-order valence-corrected chi connectivity index (χ4v) is 3.54.